The zero-order valence-electron chi connectivity index (χ0n) is 8.51. The molecule has 0 aliphatic heterocycles. The monoisotopic (exact) mass is 169 g/mol. The molecule has 0 spiro atoms. The van der Waals surface area contributed by atoms with Crippen molar-refractivity contribution in [3.05, 3.63) is 27.5 Å². The summed E-state index contributed by atoms with van der Waals surface area (Å²) in [6.07, 6.45) is 0. The van der Waals surface area contributed by atoms with Gasteiger partial charge in [0.2, 0.25) is 0 Å². The van der Waals surface area contributed by atoms with E-state index in [-0.39, 0.29) is 17.5 Å². The van der Waals surface area contributed by atoms with Crippen molar-refractivity contribution in [2.75, 3.05) is 0 Å². The van der Waals surface area contributed by atoms with E-state index < -0.39 is 0 Å². The minimum absolute atomic E-state index is 0.0944. The summed E-state index contributed by atoms with van der Waals surface area (Å²) in [5.41, 5.74) is 0.562. The summed E-state index contributed by atoms with van der Waals surface area (Å²) in [5.74, 6) is -0.0944. The van der Waals surface area contributed by atoms with Gasteiger partial charge in [-0.25, -0.2) is 0 Å². The van der Waals surface area contributed by atoms with Crippen molar-refractivity contribution in [3.63, 3.8) is 0 Å². The first-order valence-corrected chi connectivity index (χ1v) is 3.90. The van der Waals surface area contributed by atoms with Gasteiger partial charge in [-0.2, -0.15) is 0 Å². The van der Waals surface area contributed by atoms with Gasteiger partial charge in [-0.15, -0.1) is 0 Å². The average molecular weight is 169 g/mol. The normalized spacial score (nSPS) is 11.4. The molecule has 0 atom stereocenters. The van der Waals surface area contributed by atoms with Crippen LogP contribution < -0.4 is 5.56 Å². The molecule has 1 heterocycles. The maximum Gasteiger partial charge on any atom is 0.256 e. The Labute approximate surface area is 72.7 Å². The maximum absolute atomic E-state index is 11.5. The molecule has 0 unspecified atom stereocenters. The van der Waals surface area contributed by atoms with Crippen LogP contribution in [0.4, 0.5) is 0 Å². The van der Waals surface area contributed by atoms with Crippen molar-refractivity contribution in [2.45, 2.75) is 27.3 Å². The predicted octanol–water partition coefficient (Wildman–Crippen LogP) is 1.19. The first kappa shape index (κ1) is 7.40. The standard InChI is InChI=1S/C9H13NO2/c1-4-10-8(11)6(2)5-7(3)9(10)12/h5,11H,4H2,1-3H3/i5T. The predicted molar refractivity (Wildman–Crippen MR) is 47.5 cm³/mol. The zero-order valence-corrected chi connectivity index (χ0v) is 7.51. The molecule has 0 fully saturated rings. The Morgan fingerprint density at radius 3 is 2.67 bits per heavy atom. The van der Waals surface area contributed by atoms with E-state index in [0.717, 1.165) is 0 Å². The third-order valence-corrected chi connectivity index (χ3v) is 1.85. The van der Waals surface area contributed by atoms with E-state index in [9.17, 15) is 9.90 Å². The fraction of sp³-hybridized carbons (Fsp3) is 0.444. The van der Waals surface area contributed by atoms with E-state index in [2.05, 4.69) is 0 Å². The first-order chi connectivity index (χ1) is 6.00. The summed E-state index contributed by atoms with van der Waals surface area (Å²) in [5, 5.41) is 9.53. The fourth-order valence-electron chi connectivity index (χ4n) is 1.19. The summed E-state index contributed by atoms with van der Waals surface area (Å²) in [6.45, 7) is 5.44. The van der Waals surface area contributed by atoms with Crippen LogP contribution in [0.2, 0.25) is 0 Å². The molecule has 66 valence electrons. The Kier molecular flexibility index (Phi) is 1.86. The van der Waals surface area contributed by atoms with Gasteiger partial charge in [-0.1, -0.05) is 0 Å². The van der Waals surface area contributed by atoms with Gasteiger partial charge >= 0.3 is 0 Å². The highest BCUT2D eigenvalue weighted by atomic mass is 16.3. The fourth-order valence-corrected chi connectivity index (χ4v) is 1.19. The third-order valence-electron chi connectivity index (χ3n) is 1.85. The molecule has 0 aliphatic rings. The van der Waals surface area contributed by atoms with Crippen LogP contribution >= 0.6 is 0 Å². The third kappa shape index (κ3) is 1.22. The van der Waals surface area contributed by atoms with Crippen LogP contribution in [-0.4, -0.2) is 9.67 Å². The highest BCUT2D eigenvalue weighted by Crippen LogP contribution is 2.13. The molecule has 0 radical (unpaired) electrons. The lowest BCUT2D eigenvalue weighted by Crippen LogP contribution is -2.21. The van der Waals surface area contributed by atoms with E-state index in [1.807, 2.05) is 0 Å². The Hall–Kier alpha value is -1.25. The lowest BCUT2D eigenvalue weighted by Gasteiger charge is -2.08. The van der Waals surface area contributed by atoms with Crippen LogP contribution in [0.15, 0.2) is 10.8 Å². The van der Waals surface area contributed by atoms with Gasteiger partial charge in [-0.05, 0) is 26.8 Å². The highest BCUT2D eigenvalue weighted by Gasteiger charge is 2.06. The van der Waals surface area contributed by atoms with E-state index in [0.29, 0.717) is 17.7 Å². The summed E-state index contributed by atoms with van der Waals surface area (Å²) >= 11 is 0. The van der Waals surface area contributed by atoms with Crippen LogP contribution in [0, 0.1) is 13.8 Å². The van der Waals surface area contributed by atoms with Crippen LogP contribution in [0.1, 0.15) is 19.4 Å². The van der Waals surface area contributed by atoms with Crippen LogP contribution in [0.3, 0.4) is 0 Å². The quantitative estimate of drug-likeness (QED) is 0.686. The Bertz CT molecular complexity index is 396. The van der Waals surface area contributed by atoms with E-state index in [1.54, 1.807) is 20.8 Å². The van der Waals surface area contributed by atoms with Crippen molar-refractivity contribution in [3.8, 4) is 5.88 Å². The average Bonchev–Trinajstić information content (AvgIpc) is 2.13. The SMILES string of the molecule is [3H]c1c(C)c(O)n(CC)c(=O)c1C. The number of hydrogen-bond acceptors (Lipinski definition) is 2. The lowest BCUT2D eigenvalue weighted by atomic mass is 10.2. The number of pyridine rings is 1. The number of aromatic nitrogens is 1. The Balaban J connectivity index is 3.67. The molecule has 0 aliphatic carbocycles. The smallest absolute Gasteiger partial charge is 0.256 e. The number of nitrogens with zero attached hydrogens (tertiary/aromatic N) is 1. The molecule has 0 aromatic carbocycles. The first-order valence-electron chi connectivity index (χ1n) is 4.40. The maximum atomic E-state index is 11.5. The van der Waals surface area contributed by atoms with Gasteiger partial charge < -0.3 is 5.11 Å². The van der Waals surface area contributed by atoms with Crippen molar-refractivity contribution in [2.24, 2.45) is 0 Å². The summed E-state index contributed by atoms with van der Waals surface area (Å²) < 4.78 is 8.79. The van der Waals surface area contributed by atoms with Crippen molar-refractivity contribution in [1.82, 2.24) is 4.57 Å². The van der Waals surface area contributed by atoms with Crippen molar-refractivity contribution >= 4 is 0 Å². The molecule has 1 rings (SSSR count). The molecule has 3 nitrogen and oxygen atoms in total. The number of aromatic hydroxyl groups is 1. The molecule has 0 bridgehead atoms. The second-order valence-corrected chi connectivity index (χ2v) is 2.75. The second kappa shape index (κ2) is 3.01. The molecule has 1 aromatic rings. The molecule has 1 N–H and O–H groups in total. The van der Waals surface area contributed by atoms with Gasteiger partial charge in [0.15, 0.2) is 5.88 Å². The number of rotatable bonds is 1. The molecule has 12 heavy (non-hydrogen) atoms. The molecule has 0 saturated heterocycles. The summed E-state index contributed by atoms with van der Waals surface area (Å²) in [6, 6.07) is 0.132. The molecule has 1 aromatic heterocycles. The van der Waals surface area contributed by atoms with Gasteiger partial charge in [0.25, 0.3) is 5.56 Å². The molecule has 0 amide bonds. The topological polar surface area (TPSA) is 42.2 Å². The minimum atomic E-state index is -0.282. The Morgan fingerprint density at radius 1 is 1.58 bits per heavy atom. The van der Waals surface area contributed by atoms with Gasteiger partial charge in [0.1, 0.15) is 0 Å². The van der Waals surface area contributed by atoms with E-state index in [4.69, 9.17) is 1.37 Å². The van der Waals surface area contributed by atoms with Gasteiger partial charge in [-0.3, -0.25) is 9.36 Å². The molecular weight excluding hydrogens is 154 g/mol. The molecule has 3 heteroatoms. The highest BCUT2D eigenvalue weighted by molar-refractivity contribution is 5.28. The van der Waals surface area contributed by atoms with Crippen LogP contribution in [-0.2, 0) is 6.54 Å². The molecule has 0 saturated carbocycles. The lowest BCUT2D eigenvalue weighted by molar-refractivity contribution is 0.406. The molecular formula is C9H13NO2. The zero-order chi connectivity index (χ0) is 10.2. The summed E-state index contributed by atoms with van der Waals surface area (Å²) in [7, 11) is 0. The Morgan fingerprint density at radius 2 is 2.17 bits per heavy atom. The van der Waals surface area contributed by atoms with Gasteiger partial charge in [0, 0.05) is 17.7 Å². The van der Waals surface area contributed by atoms with Crippen LogP contribution in [0.5, 0.6) is 5.88 Å². The van der Waals surface area contributed by atoms with Crippen molar-refractivity contribution < 1.29 is 6.48 Å². The van der Waals surface area contributed by atoms with E-state index >= 15 is 0 Å². The van der Waals surface area contributed by atoms with E-state index in [1.165, 1.54) is 4.57 Å². The van der Waals surface area contributed by atoms with Crippen molar-refractivity contribution in [1.29, 1.82) is 0 Å². The number of hydrogen-bond donors (Lipinski definition) is 1. The van der Waals surface area contributed by atoms with Gasteiger partial charge in [0.05, 0.1) is 1.37 Å². The van der Waals surface area contributed by atoms with Crippen LogP contribution in [0.25, 0.3) is 0 Å². The second-order valence-electron chi connectivity index (χ2n) is 2.75. The largest absolute Gasteiger partial charge is 0.494 e. The summed E-state index contributed by atoms with van der Waals surface area (Å²) in [4.78, 5) is 11.5. The minimum Gasteiger partial charge on any atom is -0.494 e.